The predicted molar refractivity (Wildman–Crippen MR) is 71.3 cm³/mol. The van der Waals surface area contributed by atoms with E-state index < -0.39 is 0 Å². The second-order valence-electron chi connectivity index (χ2n) is 5.67. The van der Waals surface area contributed by atoms with E-state index in [4.69, 9.17) is 0 Å². The number of hydrogen-bond acceptors (Lipinski definition) is 3. The minimum Gasteiger partial charge on any atom is -0.390 e. The molecule has 2 rings (SSSR count). The molecule has 1 unspecified atom stereocenters. The highest BCUT2D eigenvalue weighted by Crippen LogP contribution is 2.13. The second-order valence-corrected chi connectivity index (χ2v) is 5.67. The summed E-state index contributed by atoms with van der Waals surface area (Å²) in [6.45, 7) is 4.28. The number of nitrogens with zero attached hydrogens (tertiary/aromatic N) is 2. The van der Waals surface area contributed by atoms with Gasteiger partial charge in [-0.2, -0.15) is 0 Å². The van der Waals surface area contributed by atoms with Crippen LogP contribution in [0.25, 0.3) is 0 Å². The topological polar surface area (TPSA) is 43.8 Å². The first-order valence-electron chi connectivity index (χ1n) is 7.44. The van der Waals surface area contributed by atoms with Gasteiger partial charge < -0.3 is 14.9 Å². The lowest BCUT2D eigenvalue weighted by atomic mass is 10.1. The van der Waals surface area contributed by atoms with Crippen LogP contribution in [0.15, 0.2) is 0 Å². The van der Waals surface area contributed by atoms with E-state index in [2.05, 4.69) is 4.90 Å². The maximum Gasteiger partial charge on any atom is 0.222 e. The van der Waals surface area contributed by atoms with Crippen LogP contribution >= 0.6 is 0 Å². The van der Waals surface area contributed by atoms with Crippen LogP contribution in [-0.4, -0.2) is 59.6 Å². The molecule has 0 aromatic rings. The number of aliphatic hydroxyl groups excluding tert-OH is 1. The van der Waals surface area contributed by atoms with Crippen LogP contribution in [0, 0.1) is 0 Å². The maximum atomic E-state index is 11.5. The number of amides is 1. The van der Waals surface area contributed by atoms with Crippen molar-refractivity contribution in [2.24, 2.45) is 0 Å². The average molecular weight is 254 g/mol. The summed E-state index contributed by atoms with van der Waals surface area (Å²) in [5.41, 5.74) is 0. The van der Waals surface area contributed by atoms with Crippen molar-refractivity contribution in [2.75, 3.05) is 32.7 Å². The Hall–Kier alpha value is -0.610. The Bertz CT molecular complexity index is 263. The fraction of sp³-hybridized carbons (Fsp3) is 0.929. The van der Waals surface area contributed by atoms with Crippen molar-refractivity contribution in [3.8, 4) is 0 Å². The molecule has 2 heterocycles. The molecule has 0 bridgehead atoms. The zero-order valence-electron chi connectivity index (χ0n) is 11.3. The smallest absolute Gasteiger partial charge is 0.222 e. The third-order valence-electron chi connectivity index (χ3n) is 4.02. The predicted octanol–water partition coefficient (Wildman–Crippen LogP) is 1.24. The van der Waals surface area contributed by atoms with Crippen LogP contribution in [0.5, 0.6) is 0 Å². The molecule has 2 fully saturated rings. The number of likely N-dealkylation sites (tertiary alicyclic amines) is 2. The van der Waals surface area contributed by atoms with Crippen molar-refractivity contribution >= 4 is 5.91 Å². The van der Waals surface area contributed by atoms with E-state index in [1.54, 1.807) is 0 Å². The van der Waals surface area contributed by atoms with Crippen LogP contribution in [0.2, 0.25) is 0 Å². The van der Waals surface area contributed by atoms with Crippen molar-refractivity contribution in [2.45, 2.75) is 51.0 Å². The van der Waals surface area contributed by atoms with E-state index in [-0.39, 0.29) is 12.0 Å². The zero-order chi connectivity index (χ0) is 12.8. The largest absolute Gasteiger partial charge is 0.390 e. The van der Waals surface area contributed by atoms with Gasteiger partial charge in [-0.1, -0.05) is 19.3 Å². The van der Waals surface area contributed by atoms with E-state index >= 15 is 0 Å². The molecule has 1 N–H and O–H groups in total. The first kappa shape index (κ1) is 13.8. The van der Waals surface area contributed by atoms with Gasteiger partial charge in [-0.3, -0.25) is 4.79 Å². The van der Waals surface area contributed by atoms with E-state index in [1.807, 2.05) is 4.90 Å². The molecule has 0 spiro atoms. The monoisotopic (exact) mass is 254 g/mol. The molecule has 0 radical (unpaired) electrons. The van der Waals surface area contributed by atoms with Crippen molar-refractivity contribution in [3.05, 3.63) is 0 Å². The van der Waals surface area contributed by atoms with Gasteiger partial charge in [-0.25, -0.2) is 0 Å². The van der Waals surface area contributed by atoms with Crippen molar-refractivity contribution in [1.29, 1.82) is 0 Å². The minimum atomic E-state index is -0.383. The first-order valence-corrected chi connectivity index (χ1v) is 7.44. The lowest BCUT2D eigenvalue weighted by Crippen LogP contribution is -2.41. The molecule has 0 aromatic carbocycles. The van der Waals surface area contributed by atoms with Gasteiger partial charge in [0.25, 0.3) is 0 Å². The standard InChI is InChI=1S/C14H26N2O2/c17-13(12-16-10-6-7-14(16)18)11-15-8-4-2-1-3-5-9-15/h13,17H,1-12H2. The lowest BCUT2D eigenvalue weighted by molar-refractivity contribution is -0.129. The molecule has 2 aliphatic heterocycles. The van der Waals surface area contributed by atoms with Crippen LogP contribution in [0.1, 0.15) is 44.9 Å². The number of hydrogen-bond donors (Lipinski definition) is 1. The Kier molecular flexibility index (Phi) is 5.45. The second kappa shape index (κ2) is 7.10. The molecule has 18 heavy (non-hydrogen) atoms. The number of rotatable bonds is 4. The summed E-state index contributed by atoms with van der Waals surface area (Å²) in [6.07, 6.45) is 7.72. The van der Waals surface area contributed by atoms with E-state index in [0.717, 1.165) is 32.6 Å². The van der Waals surface area contributed by atoms with Gasteiger partial charge in [-0.05, 0) is 32.4 Å². The van der Waals surface area contributed by atoms with Crippen LogP contribution in [0.3, 0.4) is 0 Å². The average Bonchev–Trinajstić information content (AvgIpc) is 2.68. The molecule has 0 aliphatic carbocycles. The molecule has 4 nitrogen and oxygen atoms in total. The molecular formula is C14H26N2O2. The number of carbonyl (C=O) groups excluding carboxylic acids is 1. The van der Waals surface area contributed by atoms with Gasteiger partial charge in [0.15, 0.2) is 0 Å². The highest BCUT2D eigenvalue weighted by atomic mass is 16.3. The van der Waals surface area contributed by atoms with Gasteiger partial charge in [-0.15, -0.1) is 0 Å². The number of aliphatic hydroxyl groups is 1. The lowest BCUT2D eigenvalue weighted by Gasteiger charge is -2.28. The highest BCUT2D eigenvalue weighted by Gasteiger charge is 2.23. The molecule has 1 atom stereocenters. The van der Waals surface area contributed by atoms with Crippen molar-refractivity contribution < 1.29 is 9.90 Å². The number of β-amino-alcohol motifs (C(OH)–C–C–N with tert-alkyl or cyclic N) is 1. The Balaban J connectivity index is 1.71. The van der Waals surface area contributed by atoms with Crippen LogP contribution < -0.4 is 0 Å². The molecule has 1 amide bonds. The van der Waals surface area contributed by atoms with Crippen molar-refractivity contribution in [1.82, 2.24) is 9.80 Å². The summed E-state index contributed by atoms with van der Waals surface area (Å²) in [7, 11) is 0. The zero-order valence-corrected chi connectivity index (χ0v) is 11.3. The van der Waals surface area contributed by atoms with Crippen LogP contribution in [-0.2, 0) is 4.79 Å². The Morgan fingerprint density at radius 3 is 2.22 bits per heavy atom. The Morgan fingerprint density at radius 2 is 1.61 bits per heavy atom. The third-order valence-corrected chi connectivity index (χ3v) is 4.02. The molecule has 2 saturated heterocycles. The maximum absolute atomic E-state index is 11.5. The van der Waals surface area contributed by atoms with E-state index in [1.165, 1.54) is 32.1 Å². The summed E-state index contributed by atoms with van der Waals surface area (Å²) in [5.74, 6) is 0.210. The summed E-state index contributed by atoms with van der Waals surface area (Å²) >= 11 is 0. The fourth-order valence-corrected chi connectivity index (χ4v) is 3.00. The van der Waals surface area contributed by atoms with Gasteiger partial charge in [0.05, 0.1) is 6.10 Å². The SMILES string of the molecule is O=C1CCCN1CC(O)CN1CCCCCCC1. The molecule has 0 aromatic heterocycles. The summed E-state index contributed by atoms with van der Waals surface area (Å²) < 4.78 is 0. The minimum absolute atomic E-state index is 0.210. The summed E-state index contributed by atoms with van der Waals surface area (Å²) in [4.78, 5) is 15.7. The molecule has 0 saturated carbocycles. The van der Waals surface area contributed by atoms with Gasteiger partial charge in [0.1, 0.15) is 0 Å². The van der Waals surface area contributed by atoms with Crippen LogP contribution in [0.4, 0.5) is 0 Å². The first-order chi connectivity index (χ1) is 8.75. The molecular weight excluding hydrogens is 228 g/mol. The fourth-order valence-electron chi connectivity index (χ4n) is 3.00. The molecule has 2 aliphatic rings. The van der Waals surface area contributed by atoms with E-state index in [9.17, 15) is 9.90 Å². The number of carbonyl (C=O) groups is 1. The third kappa shape index (κ3) is 4.25. The van der Waals surface area contributed by atoms with E-state index in [0.29, 0.717) is 13.0 Å². The highest BCUT2D eigenvalue weighted by molar-refractivity contribution is 5.78. The normalized spacial score (nSPS) is 24.9. The summed E-state index contributed by atoms with van der Waals surface area (Å²) in [5, 5.41) is 10.1. The molecule has 104 valence electrons. The Labute approximate surface area is 110 Å². The summed E-state index contributed by atoms with van der Waals surface area (Å²) in [6, 6.07) is 0. The van der Waals surface area contributed by atoms with Gasteiger partial charge >= 0.3 is 0 Å². The quantitative estimate of drug-likeness (QED) is 0.821. The van der Waals surface area contributed by atoms with Crippen molar-refractivity contribution in [3.63, 3.8) is 0 Å². The Morgan fingerprint density at radius 1 is 0.944 bits per heavy atom. The van der Waals surface area contributed by atoms with Gasteiger partial charge in [0, 0.05) is 26.1 Å². The van der Waals surface area contributed by atoms with Gasteiger partial charge in [0.2, 0.25) is 5.91 Å². The molecule has 4 heteroatoms.